The number of halogens is 2. The molecule has 1 rings (SSSR count). The molecule has 0 aliphatic heterocycles. The average Bonchev–Trinajstić information content (AvgIpc) is 2.28. The lowest BCUT2D eigenvalue weighted by Crippen LogP contribution is -2.18. The Morgan fingerprint density at radius 2 is 2.11 bits per heavy atom. The normalized spacial score (nSPS) is 13.3. The van der Waals surface area contributed by atoms with E-state index in [1.807, 2.05) is 6.92 Å². The van der Waals surface area contributed by atoms with E-state index in [-0.39, 0.29) is 11.7 Å². The molecule has 4 nitrogen and oxygen atoms in total. The second-order valence-corrected chi connectivity index (χ2v) is 7.50. The molecule has 0 saturated heterocycles. The van der Waals surface area contributed by atoms with Crippen molar-refractivity contribution in [2.75, 3.05) is 12.4 Å². The van der Waals surface area contributed by atoms with Crippen LogP contribution in [-0.2, 0) is 10.0 Å². The first-order valence-electron chi connectivity index (χ1n) is 5.86. The summed E-state index contributed by atoms with van der Waals surface area (Å²) in [6.07, 6.45) is 1.31. The fraction of sp³-hybridized carbons (Fsp3) is 0.500. The monoisotopic (exact) mass is 369 g/mol. The fourth-order valence-corrected chi connectivity index (χ4v) is 3.00. The molecule has 7 heteroatoms. The van der Waals surface area contributed by atoms with E-state index < -0.39 is 10.0 Å². The maximum Gasteiger partial charge on any atom is 0.209 e. The lowest BCUT2D eigenvalue weighted by atomic mass is 10.1. The molecule has 0 bridgehead atoms. The van der Waals surface area contributed by atoms with Gasteiger partial charge in [0, 0.05) is 5.02 Å². The van der Waals surface area contributed by atoms with Crippen LogP contribution in [0, 0.1) is 5.92 Å². The Morgan fingerprint density at radius 1 is 1.42 bits per heavy atom. The van der Waals surface area contributed by atoms with Gasteiger partial charge in [0.05, 0.1) is 16.8 Å². The zero-order valence-electron chi connectivity index (χ0n) is 10.6. The Hall–Kier alpha value is -0.300. The molecule has 2 N–H and O–H groups in total. The van der Waals surface area contributed by atoms with Gasteiger partial charge in [-0.1, -0.05) is 18.5 Å². The van der Waals surface area contributed by atoms with Crippen molar-refractivity contribution in [3.63, 3.8) is 0 Å². The zero-order valence-corrected chi connectivity index (χ0v) is 13.8. The molecule has 0 heterocycles. The van der Waals surface area contributed by atoms with E-state index in [4.69, 9.17) is 21.5 Å². The Labute approximate surface area is 127 Å². The summed E-state index contributed by atoms with van der Waals surface area (Å²) in [6, 6.07) is 5.31. The summed E-state index contributed by atoms with van der Waals surface area (Å²) in [5, 5.41) is 5.60. The van der Waals surface area contributed by atoms with E-state index in [0.29, 0.717) is 18.1 Å². The van der Waals surface area contributed by atoms with Gasteiger partial charge >= 0.3 is 0 Å². The van der Waals surface area contributed by atoms with Crippen LogP contribution in [0.25, 0.3) is 0 Å². The SMILES string of the molecule is CC(CCOc1ccc(Cl)cc1Br)CCS(N)(=O)=O. The molecule has 0 aromatic heterocycles. The number of nitrogens with two attached hydrogens (primary N) is 1. The van der Waals surface area contributed by atoms with E-state index in [0.717, 1.165) is 16.6 Å². The first-order valence-corrected chi connectivity index (χ1v) is 8.75. The molecule has 0 saturated carbocycles. The number of hydrogen-bond donors (Lipinski definition) is 1. The molecular formula is C12H17BrClNO3S. The molecule has 0 aliphatic carbocycles. The summed E-state index contributed by atoms with van der Waals surface area (Å²) in [5.41, 5.74) is 0. The highest BCUT2D eigenvalue weighted by atomic mass is 79.9. The van der Waals surface area contributed by atoms with Gasteiger partial charge < -0.3 is 4.74 Å². The molecule has 1 unspecified atom stereocenters. The van der Waals surface area contributed by atoms with Crippen molar-refractivity contribution in [2.24, 2.45) is 11.1 Å². The minimum Gasteiger partial charge on any atom is -0.492 e. The van der Waals surface area contributed by atoms with E-state index >= 15 is 0 Å². The largest absolute Gasteiger partial charge is 0.492 e. The summed E-state index contributed by atoms with van der Waals surface area (Å²) in [6.45, 7) is 2.50. The third-order valence-corrected chi connectivity index (χ3v) is 4.32. The van der Waals surface area contributed by atoms with Crippen LogP contribution in [0.15, 0.2) is 22.7 Å². The van der Waals surface area contributed by atoms with Crippen molar-refractivity contribution < 1.29 is 13.2 Å². The maximum atomic E-state index is 10.8. The van der Waals surface area contributed by atoms with E-state index in [2.05, 4.69) is 15.9 Å². The average molecular weight is 371 g/mol. The molecule has 108 valence electrons. The lowest BCUT2D eigenvalue weighted by molar-refractivity contribution is 0.280. The summed E-state index contributed by atoms with van der Waals surface area (Å²) >= 11 is 9.20. The van der Waals surface area contributed by atoms with Crippen molar-refractivity contribution in [1.29, 1.82) is 0 Å². The minimum atomic E-state index is -3.37. The van der Waals surface area contributed by atoms with Crippen molar-refractivity contribution in [2.45, 2.75) is 19.8 Å². The van der Waals surface area contributed by atoms with Crippen LogP contribution in [0.2, 0.25) is 5.02 Å². The van der Waals surface area contributed by atoms with E-state index in [1.54, 1.807) is 18.2 Å². The topological polar surface area (TPSA) is 69.4 Å². The number of primary sulfonamides is 1. The van der Waals surface area contributed by atoms with Gasteiger partial charge in [-0.25, -0.2) is 13.6 Å². The van der Waals surface area contributed by atoms with Crippen LogP contribution in [0.1, 0.15) is 19.8 Å². The van der Waals surface area contributed by atoms with Crippen molar-refractivity contribution in [1.82, 2.24) is 0 Å². The molecule has 0 amide bonds. The van der Waals surface area contributed by atoms with Crippen molar-refractivity contribution in [3.05, 3.63) is 27.7 Å². The quantitative estimate of drug-likeness (QED) is 0.801. The van der Waals surface area contributed by atoms with Gasteiger partial charge in [-0.2, -0.15) is 0 Å². The van der Waals surface area contributed by atoms with Gasteiger partial charge in [-0.15, -0.1) is 0 Å². The van der Waals surface area contributed by atoms with Gasteiger partial charge in [0.15, 0.2) is 0 Å². The van der Waals surface area contributed by atoms with Crippen molar-refractivity contribution >= 4 is 37.6 Å². The summed E-state index contributed by atoms with van der Waals surface area (Å²) < 4.78 is 28.1. The molecule has 0 radical (unpaired) electrons. The number of ether oxygens (including phenoxy) is 1. The van der Waals surface area contributed by atoms with Crippen LogP contribution in [0.4, 0.5) is 0 Å². The lowest BCUT2D eigenvalue weighted by Gasteiger charge is -2.12. The third-order valence-electron chi connectivity index (χ3n) is 2.66. The minimum absolute atomic E-state index is 0.0127. The molecular weight excluding hydrogens is 354 g/mol. The van der Waals surface area contributed by atoms with E-state index in [1.165, 1.54) is 0 Å². The summed E-state index contributed by atoms with van der Waals surface area (Å²) in [5.74, 6) is 0.978. The smallest absolute Gasteiger partial charge is 0.209 e. The van der Waals surface area contributed by atoms with Crippen LogP contribution in [0.3, 0.4) is 0 Å². The van der Waals surface area contributed by atoms with Gasteiger partial charge in [-0.05, 0) is 52.9 Å². The summed E-state index contributed by atoms with van der Waals surface area (Å²) in [4.78, 5) is 0. The fourth-order valence-electron chi connectivity index (χ4n) is 1.47. The van der Waals surface area contributed by atoms with Gasteiger partial charge in [0.2, 0.25) is 10.0 Å². The van der Waals surface area contributed by atoms with Crippen LogP contribution in [0.5, 0.6) is 5.75 Å². The second-order valence-electron chi connectivity index (χ2n) is 4.47. The highest BCUT2D eigenvalue weighted by Crippen LogP contribution is 2.28. The van der Waals surface area contributed by atoms with Crippen LogP contribution >= 0.6 is 27.5 Å². The predicted octanol–water partition coefficient (Wildman–Crippen LogP) is 3.19. The van der Waals surface area contributed by atoms with E-state index in [9.17, 15) is 8.42 Å². The number of benzene rings is 1. The highest BCUT2D eigenvalue weighted by molar-refractivity contribution is 9.10. The number of hydrogen-bond acceptors (Lipinski definition) is 3. The Morgan fingerprint density at radius 3 is 2.68 bits per heavy atom. The van der Waals surface area contributed by atoms with Crippen LogP contribution < -0.4 is 9.88 Å². The molecule has 1 aromatic carbocycles. The molecule has 1 aromatic rings. The van der Waals surface area contributed by atoms with Gasteiger partial charge in [0.25, 0.3) is 0 Å². The molecule has 19 heavy (non-hydrogen) atoms. The Balaban J connectivity index is 2.33. The number of sulfonamides is 1. The van der Waals surface area contributed by atoms with Crippen molar-refractivity contribution in [3.8, 4) is 5.75 Å². The molecule has 0 fully saturated rings. The Bertz CT molecular complexity index is 522. The van der Waals surface area contributed by atoms with Gasteiger partial charge in [-0.3, -0.25) is 0 Å². The van der Waals surface area contributed by atoms with Crippen LogP contribution in [-0.4, -0.2) is 20.8 Å². The third kappa shape index (κ3) is 7.15. The summed E-state index contributed by atoms with van der Waals surface area (Å²) in [7, 11) is -3.37. The predicted molar refractivity (Wildman–Crippen MR) is 81.0 cm³/mol. The standard InChI is InChI=1S/C12H17BrClNO3S/c1-9(5-7-19(15,16)17)4-6-18-12-3-2-10(14)8-11(12)13/h2-3,8-9H,4-7H2,1H3,(H2,15,16,17). The number of rotatable bonds is 7. The first kappa shape index (κ1) is 16.8. The van der Waals surface area contributed by atoms with Gasteiger partial charge in [0.1, 0.15) is 5.75 Å². The highest BCUT2D eigenvalue weighted by Gasteiger charge is 2.09. The Kier molecular flexibility index (Phi) is 6.59. The molecule has 0 aliphatic rings. The first-order chi connectivity index (χ1) is 8.78. The zero-order chi connectivity index (χ0) is 14.5. The second kappa shape index (κ2) is 7.47. The maximum absolute atomic E-state index is 10.8. The molecule has 1 atom stereocenters. The molecule has 0 spiro atoms.